The van der Waals surface area contributed by atoms with E-state index in [0.29, 0.717) is 6.29 Å². The highest BCUT2D eigenvalue weighted by Gasteiger charge is 2.32. The predicted octanol–water partition coefficient (Wildman–Crippen LogP) is 0.852. The highest BCUT2D eigenvalue weighted by Crippen LogP contribution is 2.19. The van der Waals surface area contributed by atoms with Crippen LogP contribution < -0.4 is 0 Å². The molecule has 1 unspecified atom stereocenters. The summed E-state index contributed by atoms with van der Waals surface area (Å²) in [6.45, 7) is 4.91. The lowest BCUT2D eigenvalue weighted by Gasteiger charge is -2.14. The van der Waals surface area contributed by atoms with Crippen molar-refractivity contribution >= 4 is 12.3 Å². The Morgan fingerprint density at radius 3 is 2.30 bits per heavy atom. The molecule has 3 heteroatoms. The van der Waals surface area contributed by atoms with Crippen LogP contribution in [0.5, 0.6) is 0 Å². The van der Waals surface area contributed by atoms with Crippen molar-refractivity contribution in [2.45, 2.75) is 13.3 Å². The van der Waals surface area contributed by atoms with Gasteiger partial charge in [-0.1, -0.05) is 13.0 Å². The monoisotopic (exact) mass is 142 g/mol. The summed E-state index contributed by atoms with van der Waals surface area (Å²) in [5, 5.41) is 8.52. The molecule has 0 radical (unpaired) electrons. The van der Waals surface area contributed by atoms with Gasteiger partial charge in [0.1, 0.15) is 11.7 Å². The Balaban J connectivity index is 4.63. The fraction of sp³-hybridized carbons (Fsp3) is 0.429. The first-order valence-electron chi connectivity index (χ1n) is 2.96. The molecule has 56 valence electrons. The molecule has 0 fully saturated rings. The van der Waals surface area contributed by atoms with Gasteiger partial charge in [0.05, 0.1) is 0 Å². The van der Waals surface area contributed by atoms with E-state index in [-0.39, 0.29) is 6.42 Å². The van der Waals surface area contributed by atoms with Crippen LogP contribution in [-0.4, -0.2) is 17.4 Å². The minimum atomic E-state index is -1.38. The van der Waals surface area contributed by atoms with Crippen molar-refractivity contribution in [3.8, 4) is 0 Å². The van der Waals surface area contributed by atoms with Gasteiger partial charge in [0, 0.05) is 0 Å². The highest BCUT2D eigenvalue weighted by atomic mass is 16.4. The normalized spacial score (nSPS) is 15.3. The van der Waals surface area contributed by atoms with E-state index in [9.17, 15) is 9.59 Å². The molecular weight excluding hydrogens is 132 g/mol. The molecule has 0 aliphatic rings. The van der Waals surface area contributed by atoms with Gasteiger partial charge >= 0.3 is 5.97 Å². The summed E-state index contributed by atoms with van der Waals surface area (Å²) in [7, 11) is 0. The van der Waals surface area contributed by atoms with Crippen molar-refractivity contribution < 1.29 is 14.7 Å². The number of carbonyl (C=O) groups is 2. The molecule has 1 atom stereocenters. The molecule has 0 heterocycles. The zero-order chi connectivity index (χ0) is 8.20. The smallest absolute Gasteiger partial charge is 0.320 e. The molecule has 0 aromatic heterocycles. The summed E-state index contributed by atoms with van der Waals surface area (Å²) in [4.78, 5) is 20.7. The second-order valence-electron chi connectivity index (χ2n) is 2.02. The summed E-state index contributed by atoms with van der Waals surface area (Å²) >= 11 is 0. The van der Waals surface area contributed by atoms with E-state index in [0.717, 1.165) is 6.08 Å². The maximum atomic E-state index is 10.4. The van der Waals surface area contributed by atoms with Crippen LogP contribution in [-0.2, 0) is 9.59 Å². The van der Waals surface area contributed by atoms with Crippen molar-refractivity contribution in [3.05, 3.63) is 12.7 Å². The van der Waals surface area contributed by atoms with Crippen molar-refractivity contribution in [2.75, 3.05) is 0 Å². The lowest BCUT2D eigenvalue weighted by molar-refractivity contribution is -0.148. The van der Waals surface area contributed by atoms with Gasteiger partial charge in [-0.25, -0.2) is 0 Å². The first-order valence-corrected chi connectivity index (χ1v) is 2.96. The van der Waals surface area contributed by atoms with Gasteiger partial charge in [-0.3, -0.25) is 4.79 Å². The Morgan fingerprint density at radius 2 is 2.30 bits per heavy atom. The predicted molar refractivity (Wildman–Crippen MR) is 36.6 cm³/mol. The first kappa shape index (κ1) is 8.88. The molecular formula is C7H10O3. The van der Waals surface area contributed by atoms with E-state index in [1.54, 1.807) is 6.92 Å². The standard InChI is InChI=1S/C7H10O3/c1-3-7(4-2,5-8)6(9)10/h3,5H,1,4H2,2H3,(H,9,10). The largest absolute Gasteiger partial charge is 0.480 e. The van der Waals surface area contributed by atoms with Crippen molar-refractivity contribution in [1.82, 2.24) is 0 Å². The number of aliphatic carboxylic acids is 1. The molecule has 1 N–H and O–H groups in total. The van der Waals surface area contributed by atoms with Gasteiger partial charge in [-0.15, -0.1) is 6.58 Å². The van der Waals surface area contributed by atoms with Gasteiger partial charge in [0.2, 0.25) is 0 Å². The third kappa shape index (κ3) is 1.23. The molecule has 0 saturated heterocycles. The van der Waals surface area contributed by atoms with E-state index in [1.165, 1.54) is 0 Å². The number of hydrogen-bond donors (Lipinski definition) is 1. The molecule has 0 spiro atoms. The van der Waals surface area contributed by atoms with Gasteiger partial charge < -0.3 is 9.90 Å². The fourth-order valence-electron chi connectivity index (χ4n) is 0.565. The van der Waals surface area contributed by atoms with E-state index >= 15 is 0 Å². The van der Waals surface area contributed by atoms with Crippen LogP contribution in [0.3, 0.4) is 0 Å². The van der Waals surface area contributed by atoms with Crippen LogP contribution in [0.2, 0.25) is 0 Å². The SMILES string of the molecule is C=CC(C=O)(CC)C(=O)O. The summed E-state index contributed by atoms with van der Waals surface area (Å²) in [5.74, 6) is -1.14. The van der Waals surface area contributed by atoms with E-state index in [1.807, 2.05) is 0 Å². The van der Waals surface area contributed by atoms with E-state index < -0.39 is 11.4 Å². The first-order chi connectivity index (χ1) is 4.63. The second-order valence-corrected chi connectivity index (χ2v) is 2.02. The summed E-state index contributed by atoms with van der Waals surface area (Å²) in [6.07, 6.45) is 1.81. The zero-order valence-electron chi connectivity index (χ0n) is 5.83. The van der Waals surface area contributed by atoms with Crippen molar-refractivity contribution in [2.24, 2.45) is 5.41 Å². The van der Waals surface area contributed by atoms with E-state index in [4.69, 9.17) is 5.11 Å². The van der Waals surface area contributed by atoms with Crippen LogP contribution >= 0.6 is 0 Å². The average Bonchev–Trinajstić information content (AvgIpc) is 1.92. The van der Waals surface area contributed by atoms with E-state index in [2.05, 4.69) is 6.58 Å². The van der Waals surface area contributed by atoms with Crippen LogP contribution in [0, 0.1) is 5.41 Å². The van der Waals surface area contributed by atoms with Crippen LogP contribution in [0.1, 0.15) is 13.3 Å². The van der Waals surface area contributed by atoms with Crippen molar-refractivity contribution in [3.63, 3.8) is 0 Å². The molecule has 0 aliphatic carbocycles. The lowest BCUT2D eigenvalue weighted by Crippen LogP contribution is -2.29. The molecule has 0 aromatic rings. The number of hydrogen-bond acceptors (Lipinski definition) is 2. The number of carbonyl (C=O) groups excluding carboxylic acids is 1. The Kier molecular flexibility index (Phi) is 2.80. The van der Waals surface area contributed by atoms with Crippen LogP contribution in [0.15, 0.2) is 12.7 Å². The summed E-state index contributed by atoms with van der Waals surface area (Å²) in [6, 6.07) is 0. The zero-order valence-corrected chi connectivity index (χ0v) is 5.83. The number of carboxylic acid groups (broad SMARTS) is 1. The highest BCUT2D eigenvalue weighted by molar-refractivity contribution is 5.94. The van der Waals surface area contributed by atoms with Gasteiger partial charge in [-0.05, 0) is 6.42 Å². The molecule has 0 saturated carbocycles. The molecule has 0 rings (SSSR count). The third-order valence-corrected chi connectivity index (χ3v) is 1.56. The Labute approximate surface area is 59.4 Å². The second kappa shape index (κ2) is 3.15. The quantitative estimate of drug-likeness (QED) is 0.359. The van der Waals surface area contributed by atoms with Gasteiger partial charge in [0.15, 0.2) is 0 Å². The average molecular weight is 142 g/mol. The van der Waals surface area contributed by atoms with Gasteiger partial charge in [0.25, 0.3) is 0 Å². The van der Waals surface area contributed by atoms with Gasteiger partial charge in [-0.2, -0.15) is 0 Å². The summed E-state index contributed by atoms with van der Waals surface area (Å²) in [5.41, 5.74) is -1.38. The Hall–Kier alpha value is -1.12. The molecule has 0 aromatic carbocycles. The number of aldehydes is 1. The minimum Gasteiger partial charge on any atom is -0.480 e. The molecule has 0 amide bonds. The van der Waals surface area contributed by atoms with Crippen molar-refractivity contribution in [1.29, 1.82) is 0 Å². The number of carboxylic acids is 1. The maximum absolute atomic E-state index is 10.4. The number of rotatable bonds is 4. The Morgan fingerprint density at radius 1 is 1.80 bits per heavy atom. The molecule has 0 aliphatic heterocycles. The minimum absolute atomic E-state index is 0.245. The summed E-state index contributed by atoms with van der Waals surface area (Å²) < 4.78 is 0. The van der Waals surface area contributed by atoms with Crippen LogP contribution in [0.4, 0.5) is 0 Å². The lowest BCUT2D eigenvalue weighted by atomic mass is 9.87. The van der Waals surface area contributed by atoms with Crippen LogP contribution in [0.25, 0.3) is 0 Å². The molecule has 3 nitrogen and oxygen atoms in total. The Bertz CT molecular complexity index is 152. The fourth-order valence-corrected chi connectivity index (χ4v) is 0.565. The third-order valence-electron chi connectivity index (χ3n) is 1.56. The maximum Gasteiger partial charge on any atom is 0.320 e. The molecule has 10 heavy (non-hydrogen) atoms. The topological polar surface area (TPSA) is 54.4 Å². The molecule has 0 bridgehead atoms.